The van der Waals surface area contributed by atoms with Gasteiger partial charge in [-0.3, -0.25) is 14.4 Å². The number of nitrogens with zero attached hydrogens (tertiary/aromatic N) is 2. The van der Waals surface area contributed by atoms with Crippen molar-refractivity contribution in [2.24, 2.45) is 17.8 Å². The molecule has 0 radical (unpaired) electrons. The predicted molar refractivity (Wildman–Crippen MR) is 132 cm³/mol. The minimum absolute atomic E-state index is 0.0704. The van der Waals surface area contributed by atoms with Crippen molar-refractivity contribution >= 4 is 17.7 Å². The van der Waals surface area contributed by atoms with Crippen LogP contribution in [0, 0.1) is 17.8 Å². The van der Waals surface area contributed by atoms with Gasteiger partial charge in [0.2, 0.25) is 5.82 Å². The average molecular weight is 492 g/mol. The van der Waals surface area contributed by atoms with E-state index in [-0.39, 0.29) is 51.6 Å². The van der Waals surface area contributed by atoms with E-state index in [9.17, 15) is 14.4 Å². The van der Waals surface area contributed by atoms with Gasteiger partial charge in [-0.1, -0.05) is 0 Å². The fraction of sp³-hybridized carbons (Fsp3) is 0.750. The maximum atomic E-state index is 13.4. The molecule has 1 aromatic heterocycles. The summed E-state index contributed by atoms with van der Waals surface area (Å²) in [7, 11) is 0. The smallest absolute Gasteiger partial charge is 0.289 e. The van der Waals surface area contributed by atoms with Crippen LogP contribution in [0.3, 0.4) is 0 Å². The largest absolute Gasteiger partial charge is 0.345 e. The molecule has 192 valence electrons. The van der Waals surface area contributed by atoms with Gasteiger partial charge < -0.3 is 16.0 Å². The summed E-state index contributed by atoms with van der Waals surface area (Å²) in [5.74, 6) is 1.03. The summed E-state index contributed by atoms with van der Waals surface area (Å²) in [6, 6.07) is 1.48. The fourth-order valence-corrected chi connectivity index (χ4v) is 8.79. The summed E-state index contributed by atoms with van der Waals surface area (Å²) in [5, 5.41) is 9.67. The molecule has 6 saturated carbocycles. The lowest BCUT2D eigenvalue weighted by Crippen LogP contribution is -2.47. The van der Waals surface area contributed by atoms with Crippen LogP contribution in [0.4, 0.5) is 0 Å². The molecule has 0 aliphatic heterocycles. The number of amides is 3. The Morgan fingerprint density at radius 3 is 1.22 bits per heavy atom. The SMILES string of the molecule is O=C(NC12CCC(CC1)C2)c1cc(C(=O)NC23CCC(CC2)C3)nc(C(=O)NC23CCC(CC2)C3)n1. The van der Waals surface area contributed by atoms with Gasteiger partial charge in [0.05, 0.1) is 0 Å². The van der Waals surface area contributed by atoms with Crippen LogP contribution in [0.25, 0.3) is 0 Å². The van der Waals surface area contributed by atoms with Gasteiger partial charge in [0.25, 0.3) is 17.7 Å². The number of nitrogens with one attached hydrogen (secondary N) is 3. The van der Waals surface area contributed by atoms with Gasteiger partial charge in [0, 0.05) is 22.7 Å². The van der Waals surface area contributed by atoms with Crippen molar-refractivity contribution in [1.29, 1.82) is 0 Å². The number of carbonyl (C=O) groups is 3. The molecule has 0 atom stereocenters. The third-order valence-electron chi connectivity index (χ3n) is 10.8. The van der Waals surface area contributed by atoms with E-state index < -0.39 is 0 Å². The molecular formula is C28H37N5O3. The first kappa shape index (κ1) is 22.7. The van der Waals surface area contributed by atoms with Gasteiger partial charge in [0.1, 0.15) is 11.4 Å². The molecule has 3 amide bonds. The van der Waals surface area contributed by atoms with E-state index >= 15 is 0 Å². The first-order chi connectivity index (χ1) is 17.3. The van der Waals surface area contributed by atoms with E-state index in [2.05, 4.69) is 25.9 Å². The number of rotatable bonds is 6. The number of hydrogen-bond donors (Lipinski definition) is 3. The Bertz CT molecular complexity index is 958. The third-order valence-corrected chi connectivity index (χ3v) is 10.8. The van der Waals surface area contributed by atoms with Crippen molar-refractivity contribution in [3.63, 3.8) is 0 Å². The number of aromatic nitrogens is 2. The topological polar surface area (TPSA) is 113 Å². The zero-order valence-corrected chi connectivity index (χ0v) is 21.0. The number of fused-ring (bicyclic) bond motifs is 6. The highest BCUT2D eigenvalue weighted by molar-refractivity contribution is 6.00. The zero-order chi connectivity index (χ0) is 24.5. The first-order valence-corrected chi connectivity index (χ1v) is 14.2. The highest BCUT2D eigenvalue weighted by Crippen LogP contribution is 2.49. The third kappa shape index (κ3) is 3.82. The average Bonchev–Trinajstić information content (AvgIpc) is 3.72. The number of carbonyl (C=O) groups excluding carboxylic acids is 3. The Morgan fingerprint density at radius 1 is 0.583 bits per heavy atom. The van der Waals surface area contributed by atoms with Crippen LogP contribution in [0.5, 0.6) is 0 Å². The van der Waals surface area contributed by atoms with Crippen molar-refractivity contribution in [3.8, 4) is 0 Å². The van der Waals surface area contributed by atoms with Crippen molar-refractivity contribution in [2.75, 3.05) is 0 Å². The van der Waals surface area contributed by atoms with Crippen LogP contribution < -0.4 is 16.0 Å². The van der Waals surface area contributed by atoms with Crippen LogP contribution in [0.15, 0.2) is 6.07 Å². The Kier molecular flexibility index (Phi) is 5.03. The molecule has 6 fully saturated rings. The Balaban J connectivity index is 1.17. The van der Waals surface area contributed by atoms with Crippen LogP contribution in [-0.4, -0.2) is 44.3 Å². The summed E-state index contributed by atoms with van der Waals surface area (Å²) >= 11 is 0. The summed E-state index contributed by atoms with van der Waals surface area (Å²) in [5.41, 5.74) is -0.283. The van der Waals surface area contributed by atoms with Gasteiger partial charge in [0.15, 0.2) is 0 Å². The molecule has 6 aliphatic rings. The molecule has 36 heavy (non-hydrogen) atoms. The van der Waals surface area contributed by atoms with Crippen molar-refractivity contribution in [3.05, 3.63) is 23.3 Å². The summed E-state index contributed by atoms with van der Waals surface area (Å²) in [6.07, 6.45) is 15.8. The monoisotopic (exact) mass is 491 g/mol. The van der Waals surface area contributed by atoms with E-state index in [1.54, 1.807) is 0 Å². The molecule has 6 bridgehead atoms. The molecular weight excluding hydrogens is 454 g/mol. The Labute approximate surface area is 212 Å². The molecule has 0 spiro atoms. The van der Waals surface area contributed by atoms with E-state index in [0.717, 1.165) is 96.3 Å². The van der Waals surface area contributed by atoms with Crippen LogP contribution in [-0.2, 0) is 0 Å². The van der Waals surface area contributed by atoms with E-state index in [1.807, 2.05) is 0 Å². The van der Waals surface area contributed by atoms with E-state index in [4.69, 9.17) is 0 Å². The van der Waals surface area contributed by atoms with Gasteiger partial charge in [-0.2, -0.15) is 0 Å². The highest BCUT2D eigenvalue weighted by atomic mass is 16.2. The van der Waals surface area contributed by atoms with Crippen LogP contribution in [0.1, 0.15) is 128 Å². The normalized spacial score (nSPS) is 39.5. The molecule has 8 heteroatoms. The van der Waals surface area contributed by atoms with Crippen molar-refractivity contribution in [2.45, 2.75) is 113 Å². The molecule has 6 aliphatic carbocycles. The predicted octanol–water partition coefficient (Wildman–Crippen LogP) is 3.66. The van der Waals surface area contributed by atoms with Gasteiger partial charge in [-0.15, -0.1) is 0 Å². The second kappa shape index (κ2) is 7.99. The second-order valence-electron chi connectivity index (χ2n) is 13.1. The summed E-state index contributed by atoms with van der Waals surface area (Å²) in [6.45, 7) is 0. The Morgan fingerprint density at radius 2 is 0.917 bits per heavy atom. The zero-order valence-electron chi connectivity index (χ0n) is 21.0. The van der Waals surface area contributed by atoms with E-state index in [0.29, 0.717) is 17.8 Å². The summed E-state index contributed by atoms with van der Waals surface area (Å²) < 4.78 is 0. The molecule has 0 aromatic carbocycles. The second-order valence-corrected chi connectivity index (χ2v) is 13.1. The standard InChI is InChI=1S/C28H37N5O3/c34-23(31-26-7-1-17(14-26)2-8-26)20-13-21(24(35)32-27-9-3-18(15-27)4-10-27)30-22(29-20)25(36)33-28-11-5-19(16-28)6-12-28/h13,17-19H,1-12,14-16H2,(H,31,34)(H,32,35)(H,33,36). The molecule has 0 unspecified atom stereocenters. The summed E-state index contributed by atoms with van der Waals surface area (Å²) in [4.78, 5) is 49.0. The molecule has 1 aromatic rings. The van der Waals surface area contributed by atoms with Crippen molar-refractivity contribution in [1.82, 2.24) is 25.9 Å². The lowest BCUT2D eigenvalue weighted by atomic mass is 9.93. The molecule has 0 saturated heterocycles. The maximum absolute atomic E-state index is 13.4. The van der Waals surface area contributed by atoms with Crippen LogP contribution in [0.2, 0.25) is 0 Å². The Hall–Kier alpha value is -2.51. The highest BCUT2D eigenvalue weighted by Gasteiger charge is 2.48. The molecule has 8 nitrogen and oxygen atoms in total. The lowest BCUT2D eigenvalue weighted by molar-refractivity contribution is 0.0885. The van der Waals surface area contributed by atoms with Crippen LogP contribution >= 0.6 is 0 Å². The minimum atomic E-state index is -0.374. The minimum Gasteiger partial charge on any atom is -0.345 e. The van der Waals surface area contributed by atoms with Gasteiger partial charge in [-0.25, -0.2) is 9.97 Å². The van der Waals surface area contributed by atoms with Gasteiger partial charge in [-0.05, 0) is 114 Å². The quantitative estimate of drug-likeness (QED) is 0.562. The molecule has 3 N–H and O–H groups in total. The lowest BCUT2D eigenvalue weighted by Gasteiger charge is -2.29. The van der Waals surface area contributed by atoms with E-state index in [1.165, 1.54) is 6.07 Å². The fourth-order valence-electron chi connectivity index (χ4n) is 8.79. The maximum Gasteiger partial charge on any atom is 0.289 e. The number of hydrogen-bond acceptors (Lipinski definition) is 5. The molecule has 7 rings (SSSR count). The van der Waals surface area contributed by atoms with Gasteiger partial charge >= 0.3 is 0 Å². The first-order valence-electron chi connectivity index (χ1n) is 14.2. The van der Waals surface area contributed by atoms with Crippen molar-refractivity contribution < 1.29 is 14.4 Å². The molecule has 1 heterocycles.